The number of aldehydes is 1. The number of nitrogen functional groups attached to an aromatic ring is 1. The number of allylic oxidation sites excluding steroid dienone is 1. The maximum Gasteiger partial charge on any atom is 0.180 e. The molecule has 11 heavy (non-hydrogen) atoms. The van der Waals surface area contributed by atoms with Crippen molar-refractivity contribution in [2.24, 2.45) is 0 Å². The van der Waals surface area contributed by atoms with E-state index in [0.29, 0.717) is 22.7 Å². The molecule has 0 aliphatic carbocycles. The van der Waals surface area contributed by atoms with Gasteiger partial charge in [-0.25, -0.2) is 4.98 Å². The van der Waals surface area contributed by atoms with Crippen LogP contribution in [0.4, 0.5) is 5.13 Å². The summed E-state index contributed by atoms with van der Waals surface area (Å²) in [6.45, 7) is 0. The van der Waals surface area contributed by atoms with E-state index in [2.05, 4.69) is 4.98 Å². The fraction of sp³-hybridized carbons (Fsp3) is 0. The lowest BCUT2D eigenvalue weighted by Crippen LogP contribution is -1.87. The predicted octanol–water partition coefficient (Wildman–Crippen LogP) is 1.50. The van der Waals surface area contributed by atoms with Gasteiger partial charge in [0.2, 0.25) is 0 Å². The Hall–Kier alpha value is -0.870. The summed E-state index contributed by atoms with van der Waals surface area (Å²) in [5, 5.41) is 2.11. The molecule has 0 radical (unpaired) electrons. The van der Waals surface area contributed by atoms with Crippen LogP contribution in [-0.4, -0.2) is 11.3 Å². The first-order valence-electron chi connectivity index (χ1n) is 2.75. The van der Waals surface area contributed by atoms with Crippen LogP contribution in [0.15, 0.2) is 10.9 Å². The smallest absolute Gasteiger partial charge is 0.180 e. The fourth-order valence-corrected chi connectivity index (χ4v) is 1.30. The Morgan fingerprint density at radius 2 is 2.55 bits per heavy atom. The molecule has 0 bridgehead atoms. The van der Waals surface area contributed by atoms with Gasteiger partial charge >= 0.3 is 0 Å². The molecule has 0 fully saturated rings. The van der Waals surface area contributed by atoms with E-state index in [0.717, 1.165) is 0 Å². The zero-order valence-corrected chi connectivity index (χ0v) is 7.02. The zero-order valence-electron chi connectivity index (χ0n) is 5.45. The lowest BCUT2D eigenvalue weighted by atomic mass is 10.3. The highest BCUT2D eigenvalue weighted by atomic mass is 35.5. The van der Waals surface area contributed by atoms with Gasteiger partial charge in [0.1, 0.15) is 0 Å². The van der Waals surface area contributed by atoms with Crippen molar-refractivity contribution in [2.45, 2.75) is 0 Å². The van der Waals surface area contributed by atoms with Gasteiger partial charge in [0.25, 0.3) is 0 Å². The first kappa shape index (κ1) is 8.23. The molecule has 0 saturated carbocycles. The SMILES string of the molecule is Nc1nc(/C(C=O)=C\Cl)cs1. The van der Waals surface area contributed by atoms with Crippen LogP contribution in [0.1, 0.15) is 5.69 Å². The van der Waals surface area contributed by atoms with Crippen molar-refractivity contribution >= 4 is 39.9 Å². The average Bonchev–Trinajstić information content (AvgIpc) is 2.39. The van der Waals surface area contributed by atoms with Gasteiger partial charge in [0.15, 0.2) is 11.4 Å². The Morgan fingerprint density at radius 3 is 2.91 bits per heavy atom. The molecule has 5 heteroatoms. The van der Waals surface area contributed by atoms with Crippen LogP contribution in [0.5, 0.6) is 0 Å². The van der Waals surface area contributed by atoms with Crippen LogP contribution >= 0.6 is 22.9 Å². The summed E-state index contributed by atoms with van der Waals surface area (Å²) >= 11 is 6.61. The molecule has 0 saturated heterocycles. The molecular formula is C6H5ClN2OS. The molecule has 0 aromatic carbocycles. The Morgan fingerprint density at radius 1 is 1.82 bits per heavy atom. The van der Waals surface area contributed by atoms with Crippen LogP contribution in [0.25, 0.3) is 5.57 Å². The number of halogens is 1. The molecule has 1 aromatic rings. The number of aromatic nitrogens is 1. The Kier molecular flexibility index (Phi) is 2.62. The van der Waals surface area contributed by atoms with Crippen LogP contribution in [0, 0.1) is 0 Å². The Balaban J connectivity index is 3.00. The number of hydrogen-bond donors (Lipinski definition) is 1. The molecule has 1 rings (SSSR count). The Labute approximate surface area is 72.5 Å². The molecule has 3 nitrogen and oxygen atoms in total. The largest absolute Gasteiger partial charge is 0.375 e. The van der Waals surface area contributed by atoms with Gasteiger partial charge in [0, 0.05) is 10.9 Å². The second-order valence-electron chi connectivity index (χ2n) is 1.75. The van der Waals surface area contributed by atoms with Crippen molar-refractivity contribution in [3.8, 4) is 0 Å². The van der Waals surface area contributed by atoms with E-state index in [1.54, 1.807) is 5.38 Å². The summed E-state index contributed by atoms with van der Waals surface area (Å²) in [5.74, 6) is 0. The van der Waals surface area contributed by atoms with E-state index in [-0.39, 0.29) is 0 Å². The van der Waals surface area contributed by atoms with Crippen LogP contribution in [-0.2, 0) is 4.79 Å². The summed E-state index contributed by atoms with van der Waals surface area (Å²) in [7, 11) is 0. The molecular weight excluding hydrogens is 184 g/mol. The number of thiazole rings is 1. The van der Waals surface area contributed by atoms with E-state index in [4.69, 9.17) is 17.3 Å². The average molecular weight is 189 g/mol. The molecule has 0 aliphatic heterocycles. The van der Waals surface area contributed by atoms with E-state index in [1.807, 2.05) is 0 Å². The molecule has 2 N–H and O–H groups in total. The quantitative estimate of drug-likeness (QED) is 0.565. The van der Waals surface area contributed by atoms with Gasteiger partial charge in [-0.05, 0) is 0 Å². The summed E-state index contributed by atoms with van der Waals surface area (Å²) in [5.41, 5.74) is 7.40. The third-order valence-corrected chi connectivity index (χ3v) is 1.97. The fourth-order valence-electron chi connectivity index (χ4n) is 0.562. The van der Waals surface area contributed by atoms with Crippen molar-refractivity contribution < 1.29 is 4.79 Å². The lowest BCUT2D eigenvalue weighted by Gasteiger charge is -1.87. The number of nitrogens with zero attached hydrogens (tertiary/aromatic N) is 1. The number of anilines is 1. The number of carbonyl (C=O) groups excluding carboxylic acids is 1. The van der Waals surface area contributed by atoms with Crippen molar-refractivity contribution in [2.75, 3.05) is 5.73 Å². The van der Waals surface area contributed by atoms with Gasteiger partial charge in [0.05, 0.1) is 11.3 Å². The number of carbonyl (C=O) groups is 1. The molecule has 1 aromatic heterocycles. The van der Waals surface area contributed by atoms with Gasteiger partial charge in [-0.15, -0.1) is 11.3 Å². The summed E-state index contributed by atoms with van der Waals surface area (Å²) in [6.07, 6.45) is 0.640. The minimum absolute atomic E-state index is 0.347. The third-order valence-electron chi connectivity index (χ3n) is 1.06. The predicted molar refractivity (Wildman–Crippen MR) is 46.4 cm³/mol. The summed E-state index contributed by atoms with van der Waals surface area (Å²) < 4.78 is 0. The van der Waals surface area contributed by atoms with Crippen molar-refractivity contribution in [1.29, 1.82) is 0 Å². The van der Waals surface area contributed by atoms with E-state index in [1.165, 1.54) is 16.9 Å². The van der Waals surface area contributed by atoms with Crippen LogP contribution in [0.3, 0.4) is 0 Å². The van der Waals surface area contributed by atoms with Gasteiger partial charge in [-0.1, -0.05) is 11.6 Å². The minimum atomic E-state index is 0.347. The second-order valence-corrected chi connectivity index (χ2v) is 2.86. The van der Waals surface area contributed by atoms with Crippen molar-refractivity contribution in [3.63, 3.8) is 0 Å². The van der Waals surface area contributed by atoms with Crippen molar-refractivity contribution in [1.82, 2.24) is 4.98 Å². The topological polar surface area (TPSA) is 56.0 Å². The van der Waals surface area contributed by atoms with Gasteiger partial charge in [-0.2, -0.15) is 0 Å². The second kappa shape index (κ2) is 3.50. The normalized spacial score (nSPS) is 11.5. The monoisotopic (exact) mass is 188 g/mol. The highest BCUT2D eigenvalue weighted by Crippen LogP contribution is 2.17. The minimum Gasteiger partial charge on any atom is -0.375 e. The third kappa shape index (κ3) is 1.78. The van der Waals surface area contributed by atoms with E-state index >= 15 is 0 Å². The number of hydrogen-bond acceptors (Lipinski definition) is 4. The van der Waals surface area contributed by atoms with Gasteiger partial charge in [-0.3, -0.25) is 4.79 Å². The molecule has 58 valence electrons. The highest BCUT2D eigenvalue weighted by molar-refractivity contribution is 7.13. The van der Waals surface area contributed by atoms with Gasteiger partial charge < -0.3 is 5.73 Å². The van der Waals surface area contributed by atoms with Crippen LogP contribution < -0.4 is 5.73 Å². The summed E-state index contributed by atoms with van der Waals surface area (Å²) in [4.78, 5) is 14.2. The van der Waals surface area contributed by atoms with Crippen molar-refractivity contribution in [3.05, 3.63) is 16.6 Å². The zero-order chi connectivity index (χ0) is 8.27. The Bertz CT molecular complexity index is 295. The maximum absolute atomic E-state index is 10.3. The molecule has 0 unspecified atom stereocenters. The molecule has 0 atom stereocenters. The molecule has 0 spiro atoms. The maximum atomic E-state index is 10.3. The van der Waals surface area contributed by atoms with E-state index < -0.39 is 0 Å². The molecule has 0 aliphatic rings. The first-order valence-corrected chi connectivity index (χ1v) is 4.06. The highest BCUT2D eigenvalue weighted by Gasteiger charge is 2.02. The first-order chi connectivity index (χ1) is 5.27. The van der Waals surface area contributed by atoms with Crippen LogP contribution in [0.2, 0.25) is 0 Å². The number of nitrogens with two attached hydrogens (primary N) is 1. The van der Waals surface area contributed by atoms with E-state index in [9.17, 15) is 4.79 Å². The summed E-state index contributed by atoms with van der Waals surface area (Å²) in [6, 6.07) is 0. The molecule has 0 amide bonds. The molecule has 1 heterocycles. The standard InChI is InChI=1S/C6H5ClN2OS/c7-1-4(2-10)5-3-11-6(8)9-5/h1-3H,(H2,8,9)/b4-1-. The number of rotatable bonds is 2. The lowest BCUT2D eigenvalue weighted by molar-refractivity contribution is -0.103.